The Labute approximate surface area is 194 Å². The van der Waals surface area contributed by atoms with Gasteiger partial charge in [0.2, 0.25) is 5.88 Å². The number of hydrogen-bond donors (Lipinski definition) is 0. The molecule has 1 aromatic carbocycles. The third-order valence-electron chi connectivity index (χ3n) is 6.11. The summed E-state index contributed by atoms with van der Waals surface area (Å²) in [5.74, 6) is 0.305. The predicted molar refractivity (Wildman–Crippen MR) is 126 cm³/mol. The van der Waals surface area contributed by atoms with Gasteiger partial charge in [-0.05, 0) is 69.6 Å². The average Bonchev–Trinajstić information content (AvgIpc) is 2.86. The largest absolute Gasteiger partial charge is 0.477 e. The molecule has 2 aromatic heterocycles. The number of carbonyl (C=O) groups is 1. The van der Waals surface area contributed by atoms with Crippen LogP contribution in [-0.2, 0) is 21.5 Å². The Hall–Kier alpha value is -3.32. The molecule has 7 heteroatoms. The molecule has 0 radical (unpaired) electrons. The summed E-state index contributed by atoms with van der Waals surface area (Å²) in [6, 6.07) is 17.9. The molecule has 172 valence electrons. The van der Waals surface area contributed by atoms with Crippen LogP contribution >= 0.6 is 0 Å². The molecule has 1 aliphatic heterocycles. The second kappa shape index (κ2) is 10.5. The molecule has 7 nitrogen and oxygen atoms in total. The normalized spacial score (nSPS) is 15.7. The SMILES string of the molecule is CCOC(=O)C1(c2ccc(-c3cccnc3OCC)nn2)CCN(Cc2ccccc2)CC1. The maximum absolute atomic E-state index is 13.1. The molecule has 3 heterocycles. The lowest BCUT2D eigenvalue weighted by atomic mass is 9.75. The summed E-state index contributed by atoms with van der Waals surface area (Å²) in [6.07, 6.45) is 2.98. The van der Waals surface area contributed by atoms with Gasteiger partial charge in [-0.15, -0.1) is 0 Å². The van der Waals surface area contributed by atoms with Crippen molar-refractivity contribution in [3.8, 4) is 17.1 Å². The Morgan fingerprint density at radius 3 is 2.42 bits per heavy atom. The van der Waals surface area contributed by atoms with E-state index in [0.717, 1.165) is 25.2 Å². The van der Waals surface area contributed by atoms with Crippen LogP contribution in [0.15, 0.2) is 60.8 Å². The lowest BCUT2D eigenvalue weighted by Crippen LogP contribution is -2.48. The number of carbonyl (C=O) groups excluding carboxylic acids is 1. The van der Waals surface area contributed by atoms with E-state index in [1.807, 2.05) is 44.2 Å². The van der Waals surface area contributed by atoms with Gasteiger partial charge in [0.05, 0.1) is 30.2 Å². The molecule has 0 aliphatic carbocycles. The standard InChI is InChI=1S/C26H30N4O3/c1-3-32-24-21(11-8-16-27-24)22-12-13-23(29-28-22)26(25(31)33-4-2)14-17-30(18-15-26)19-20-9-6-5-7-10-20/h5-13,16H,3-4,14-15,17-19H2,1-2H3. The minimum Gasteiger partial charge on any atom is -0.477 e. The van der Waals surface area contributed by atoms with Crippen LogP contribution in [0.2, 0.25) is 0 Å². The topological polar surface area (TPSA) is 77.4 Å². The Morgan fingerprint density at radius 1 is 0.970 bits per heavy atom. The molecule has 0 saturated carbocycles. The van der Waals surface area contributed by atoms with Gasteiger partial charge in [-0.2, -0.15) is 10.2 Å². The quantitative estimate of drug-likeness (QED) is 0.483. The summed E-state index contributed by atoms with van der Waals surface area (Å²) >= 11 is 0. The highest BCUT2D eigenvalue weighted by molar-refractivity contribution is 5.83. The summed E-state index contributed by atoms with van der Waals surface area (Å²) in [5.41, 5.74) is 2.58. The fourth-order valence-electron chi connectivity index (χ4n) is 4.34. The lowest BCUT2D eigenvalue weighted by Gasteiger charge is -2.39. The molecular weight excluding hydrogens is 416 g/mol. The molecule has 0 amide bonds. The lowest BCUT2D eigenvalue weighted by molar-refractivity contribution is -0.152. The first kappa shape index (κ1) is 22.9. The summed E-state index contributed by atoms with van der Waals surface area (Å²) in [7, 11) is 0. The van der Waals surface area contributed by atoms with Gasteiger partial charge in [-0.3, -0.25) is 9.69 Å². The zero-order valence-electron chi connectivity index (χ0n) is 19.2. The van der Waals surface area contributed by atoms with E-state index in [2.05, 4.69) is 44.3 Å². The van der Waals surface area contributed by atoms with E-state index in [9.17, 15) is 4.79 Å². The molecule has 1 fully saturated rings. The molecule has 1 aliphatic rings. The number of piperidine rings is 1. The van der Waals surface area contributed by atoms with Crippen LogP contribution in [0.5, 0.6) is 5.88 Å². The number of ether oxygens (including phenoxy) is 2. The van der Waals surface area contributed by atoms with Crippen LogP contribution < -0.4 is 4.74 Å². The van der Waals surface area contributed by atoms with Gasteiger partial charge < -0.3 is 9.47 Å². The van der Waals surface area contributed by atoms with Crippen molar-refractivity contribution in [3.63, 3.8) is 0 Å². The van der Waals surface area contributed by atoms with Crippen molar-refractivity contribution in [2.45, 2.75) is 38.6 Å². The van der Waals surface area contributed by atoms with Crippen molar-refractivity contribution >= 4 is 5.97 Å². The molecule has 0 bridgehead atoms. The number of esters is 1. The summed E-state index contributed by atoms with van der Waals surface area (Å²) in [5, 5.41) is 8.96. The van der Waals surface area contributed by atoms with Gasteiger partial charge in [0.25, 0.3) is 0 Å². The highest BCUT2D eigenvalue weighted by Gasteiger charge is 2.45. The molecule has 0 unspecified atom stereocenters. The van der Waals surface area contributed by atoms with E-state index in [1.54, 1.807) is 6.20 Å². The van der Waals surface area contributed by atoms with Crippen LogP contribution in [0.3, 0.4) is 0 Å². The van der Waals surface area contributed by atoms with E-state index in [0.29, 0.717) is 43.3 Å². The molecule has 33 heavy (non-hydrogen) atoms. The molecule has 3 aromatic rings. The first-order chi connectivity index (χ1) is 16.2. The third-order valence-corrected chi connectivity index (χ3v) is 6.11. The Kier molecular flexibility index (Phi) is 7.29. The minimum absolute atomic E-state index is 0.220. The summed E-state index contributed by atoms with van der Waals surface area (Å²) < 4.78 is 11.1. The van der Waals surface area contributed by atoms with E-state index in [1.165, 1.54) is 5.56 Å². The Morgan fingerprint density at radius 2 is 1.76 bits per heavy atom. The molecule has 4 rings (SSSR count). The van der Waals surface area contributed by atoms with Crippen molar-refractivity contribution in [2.75, 3.05) is 26.3 Å². The molecule has 0 atom stereocenters. The molecular formula is C26H30N4O3. The number of hydrogen-bond acceptors (Lipinski definition) is 7. The average molecular weight is 447 g/mol. The maximum atomic E-state index is 13.1. The van der Waals surface area contributed by atoms with Crippen molar-refractivity contribution in [1.82, 2.24) is 20.1 Å². The molecule has 0 N–H and O–H groups in total. The number of nitrogens with zero attached hydrogens (tertiary/aromatic N) is 4. The van der Waals surface area contributed by atoms with E-state index < -0.39 is 5.41 Å². The number of benzene rings is 1. The first-order valence-electron chi connectivity index (χ1n) is 11.5. The number of rotatable bonds is 8. The number of pyridine rings is 1. The van der Waals surface area contributed by atoms with Gasteiger partial charge in [0, 0.05) is 12.7 Å². The fourth-order valence-corrected chi connectivity index (χ4v) is 4.34. The van der Waals surface area contributed by atoms with Crippen LogP contribution in [-0.4, -0.2) is 52.4 Å². The number of likely N-dealkylation sites (tertiary alicyclic amines) is 1. The van der Waals surface area contributed by atoms with Gasteiger partial charge >= 0.3 is 5.97 Å². The van der Waals surface area contributed by atoms with Crippen molar-refractivity contribution in [3.05, 3.63) is 72.1 Å². The highest BCUT2D eigenvalue weighted by Crippen LogP contribution is 2.37. The van der Waals surface area contributed by atoms with Crippen molar-refractivity contribution in [2.24, 2.45) is 0 Å². The first-order valence-corrected chi connectivity index (χ1v) is 11.5. The minimum atomic E-state index is -0.785. The van der Waals surface area contributed by atoms with Crippen LogP contribution in [0.1, 0.15) is 37.9 Å². The van der Waals surface area contributed by atoms with Crippen LogP contribution in [0, 0.1) is 0 Å². The smallest absolute Gasteiger partial charge is 0.318 e. The summed E-state index contributed by atoms with van der Waals surface area (Å²) in [4.78, 5) is 19.8. The maximum Gasteiger partial charge on any atom is 0.318 e. The monoisotopic (exact) mass is 446 g/mol. The van der Waals surface area contributed by atoms with Gasteiger partial charge in [0.15, 0.2) is 0 Å². The highest BCUT2D eigenvalue weighted by atomic mass is 16.5. The van der Waals surface area contributed by atoms with Crippen LogP contribution in [0.4, 0.5) is 0 Å². The molecule has 0 spiro atoms. The fraction of sp³-hybridized carbons (Fsp3) is 0.385. The molecule has 1 saturated heterocycles. The third kappa shape index (κ3) is 5.03. The second-order valence-electron chi connectivity index (χ2n) is 8.16. The zero-order chi connectivity index (χ0) is 23.1. The van der Waals surface area contributed by atoms with Crippen molar-refractivity contribution < 1.29 is 14.3 Å². The van der Waals surface area contributed by atoms with E-state index in [-0.39, 0.29) is 5.97 Å². The van der Waals surface area contributed by atoms with Gasteiger partial charge in [-0.1, -0.05) is 30.3 Å². The Balaban J connectivity index is 1.56. The van der Waals surface area contributed by atoms with Gasteiger partial charge in [0.1, 0.15) is 5.41 Å². The summed E-state index contributed by atoms with van der Waals surface area (Å²) in [6.45, 7) is 7.05. The van der Waals surface area contributed by atoms with Crippen molar-refractivity contribution in [1.29, 1.82) is 0 Å². The van der Waals surface area contributed by atoms with Crippen LogP contribution in [0.25, 0.3) is 11.3 Å². The van der Waals surface area contributed by atoms with Gasteiger partial charge in [-0.25, -0.2) is 4.98 Å². The van der Waals surface area contributed by atoms with E-state index in [4.69, 9.17) is 9.47 Å². The van der Waals surface area contributed by atoms with E-state index >= 15 is 0 Å². The Bertz CT molecular complexity index is 1050. The predicted octanol–water partition coefficient (Wildman–Crippen LogP) is 4.03. The number of aromatic nitrogens is 3. The zero-order valence-corrected chi connectivity index (χ0v) is 19.2. The second-order valence-corrected chi connectivity index (χ2v) is 8.16.